The molecule has 1 fully saturated rings. The summed E-state index contributed by atoms with van der Waals surface area (Å²) >= 11 is 12.6. The van der Waals surface area contributed by atoms with Gasteiger partial charge in [-0.15, -0.1) is 11.6 Å². The van der Waals surface area contributed by atoms with Crippen molar-refractivity contribution >= 4 is 23.2 Å². The van der Waals surface area contributed by atoms with E-state index in [1.165, 1.54) is 6.42 Å². The van der Waals surface area contributed by atoms with Crippen LogP contribution in [0.3, 0.4) is 0 Å². The molecular formula is C14H18Cl2O. The van der Waals surface area contributed by atoms with Gasteiger partial charge in [0.25, 0.3) is 0 Å². The highest BCUT2D eigenvalue weighted by atomic mass is 35.5. The lowest BCUT2D eigenvalue weighted by Gasteiger charge is -2.41. The van der Waals surface area contributed by atoms with Gasteiger partial charge in [0.2, 0.25) is 0 Å². The summed E-state index contributed by atoms with van der Waals surface area (Å²) in [5.41, 5.74) is 1.16. The average Bonchev–Trinajstić information content (AvgIpc) is 2.27. The molecule has 0 N–H and O–H groups in total. The molecule has 1 aliphatic rings. The molecule has 1 atom stereocenters. The van der Waals surface area contributed by atoms with Gasteiger partial charge < -0.3 is 4.74 Å². The van der Waals surface area contributed by atoms with Crippen molar-refractivity contribution in [2.45, 2.75) is 43.1 Å². The quantitative estimate of drug-likeness (QED) is 0.720. The Morgan fingerprint density at radius 3 is 2.59 bits per heavy atom. The lowest BCUT2D eigenvalue weighted by atomic mass is 9.76. The van der Waals surface area contributed by atoms with Crippen LogP contribution in [0.1, 0.15) is 31.2 Å². The van der Waals surface area contributed by atoms with Gasteiger partial charge in [-0.3, -0.25) is 0 Å². The minimum atomic E-state index is 0.0354. The number of hydrogen-bond donors (Lipinski definition) is 0. The third-order valence-corrected chi connectivity index (χ3v) is 4.37. The number of benzene rings is 1. The number of methoxy groups -OCH3 is 1. The Morgan fingerprint density at radius 1 is 1.35 bits per heavy atom. The van der Waals surface area contributed by atoms with E-state index in [2.05, 4.69) is 0 Å². The molecule has 0 aromatic heterocycles. The summed E-state index contributed by atoms with van der Waals surface area (Å²) in [6.07, 6.45) is 5.25. The first-order chi connectivity index (χ1) is 8.15. The number of alkyl halides is 1. The molecule has 1 aromatic rings. The van der Waals surface area contributed by atoms with E-state index in [-0.39, 0.29) is 11.0 Å². The molecule has 1 aliphatic carbocycles. The normalized spacial score (nSPS) is 19.7. The van der Waals surface area contributed by atoms with E-state index < -0.39 is 0 Å². The average molecular weight is 273 g/mol. The maximum Gasteiger partial charge on any atom is 0.0693 e. The third kappa shape index (κ3) is 3.15. The minimum absolute atomic E-state index is 0.0354. The van der Waals surface area contributed by atoms with Gasteiger partial charge >= 0.3 is 0 Å². The zero-order valence-electron chi connectivity index (χ0n) is 10.1. The smallest absolute Gasteiger partial charge is 0.0693 e. The van der Waals surface area contributed by atoms with Gasteiger partial charge in [0, 0.05) is 17.5 Å². The van der Waals surface area contributed by atoms with Crippen molar-refractivity contribution in [1.82, 2.24) is 0 Å². The summed E-state index contributed by atoms with van der Waals surface area (Å²) in [6, 6.07) is 7.89. The molecular weight excluding hydrogens is 255 g/mol. The molecule has 0 aliphatic heterocycles. The fourth-order valence-electron chi connectivity index (χ4n) is 2.44. The van der Waals surface area contributed by atoms with Crippen molar-refractivity contribution in [3.63, 3.8) is 0 Å². The van der Waals surface area contributed by atoms with Gasteiger partial charge in [-0.1, -0.05) is 29.8 Å². The lowest BCUT2D eigenvalue weighted by molar-refractivity contribution is -0.0777. The zero-order chi connectivity index (χ0) is 12.3. The Bertz CT molecular complexity index is 369. The van der Waals surface area contributed by atoms with Gasteiger partial charge in [-0.25, -0.2) is 0 Å². The molecule has 94 valence electrons. The summed E-state index contributed by atoms with van der Waals surface area (Å²) in [5, 5.41) is 0.897. The summed E-state index contributed by atoms with van der Waals surface area (Å²) in [7, 11) is 1.79. The molecule has 1 nitrogen and oxygen atoms in total. The topological polar surface area (TPSA) is 9.23 Å². The molecule has 0 bridgehead atoms. The number of hydrogen-bond acceptors (Lipinski definition) is 1. The van der Waals surface area contributed by atoms with Crippen LogP contribution in [-0.2, 0) is 11.2 Å². The molecule has 1 saturated carbocycles. The number of halogens is 2. The molecule has 2 rings (SSSR count). The summed E-state index contributed by atoms with van der Waals surface area (Å²) in [5.74, 6) is 0. The second-order valence-electron chi connectivity index (χ2n) is 4.84. The molecule has 1 unspecified atom stereocenters. The fraction of sp³-hybridized carbons (Fsp3) is 0.571. The Labute approximate surface area is 113 Å². The van der Waals surface area contributed by atoms with E-state index in [0.717, 1.165) is 36.3 Å². The van der Waals surface area contributed by atoms with Crippen LogP contribution in [0.5, 0.6) is 0 Å². The van der Waals surface area contributed by atoms with Gasteiger partial charge in [0.15, 0.2) is 0 Å². The maximum atomic E-state index is 6.42. The summed E-state index contributed by atoms with van der Waals surface area (Å²) in [6.45, 7) is 0. The second kappa shape index (κ2) is 5.60. The van der Waals surface area contributed by atoms with Crippen LogP contribution in [-0.4, -0.2) is 18.1 Å². The molecule has 0 radical (unpaired) electrons. The van der Waals surface area contributed by atoms with Crippen molar-refractivity contribution in [2.75, 3.05) is 7.11 Å². The van der Waals surface area contributed by atoms with Crippen molar-refractivity contribution in [1.29, 1.82) is 0 Å². The maximum absolute atomic E-state index is 6.42. The van der Waals surface area contributed by atoms with Crippen molar-refractivity contribution in [2.24, 2.45) is 0 Å². The largest absolute Gasteiger partial charge is 0.378 e. The Kier molecular flexibility index (Phi) is 4.35. The molecule has 0 heterocycles. The van der Waals surface area contributed by atoms with Crippen LogP contribution in [0.2, 0.25) is 5.02 Å². The van der Waals surface area contributed by atoms with Crippen LogP contribution in [0, 0.1) is 0 Å². The van der Waals surface area contributed by atoms with Crippen LogP contribution in [0.25, 0.3) is 0 Å². The molecule has 17 heavy (non-hydrogen) atoms. The summed E-state index contributed by atoms with van der Waals surface area (Å²) < 4.78 is 5.59. The Morgan fingerprint density at radius 2 is 2.06 bits per heavy atom. The third-order valence-electron chi connectivity index (χ3n) is 3.69. The molecule has 0 amide bonds. The fourth-order valence-corrected chi connectivity index (χ4v) is 3.10. The molecule has 0 spiro atoms. The van der Waals surface area contributed by atoms with Gasteiger partial charge in [-0.05, 0) is 43.7 Å². The molecule has 0 saturated heterocycles. The van der Waals surface area contributed by atoms with E-state index in [9.17, 15) is 0 Å². The highest BCUT2D eigenvalue weighted by molar-refractivity contribution is 6.31. The number of ether oxygens (including phenoxy) is 1. The van der Waals surface area contributed by atoms with Crippen LogP contribution in [0.4, 0.5) is 0 Å². The van der Waals surface area contributed by atoms with E-state index in [4.69, 9.17) is 27.9 Å². The number of rotatable bonds is 5. The van der Waals surface area contributed by atoms with E-state index in [1.54, 1.807) is 7.11 Å². The van der Waals surface area contributed by atoms with Crippen LogP contribution < -0.4 is 0 Å². The van der Waals surface area contributed by atoms with Crippen molar-refractivity contribution in [3.8, 4) is 0 Å². The SMILES string of the molecule is COC1(CC(Cl)Cc2ccccc2Cl)CCC1. The van der Waals surface area contributed by atoms with Gasteiger partial charge in [0.1, 0.15) is 0 Å². The summed E-state index contributed by atoms with van der Waals surface area (Å²) in [4.78, 5) is 0. The van der Waals surface area contributed by atoms with Gasteiger partial charge in [-0.2, -0.15) is 0 Å². The van der Waals surface area contributed by atoms with Crippen molar-refractivity contribution < 1.29 is 4.74 Å². The monoisotopic (exact) mass is 272 g/mol. The first-order valence-electron chi connectivity index (χ1n) is 6.08. The Hall–Kier alpha value is -0.240. The molecule has 1 aromatic carbocycles. The standard InChI is InChI=1S/C14H18Cl2O/c1-17-14(7-4-8-14)10-12(15)9-11-5-2-3-6-13(11)16/h2-3,5-6,12H,4,7-10H2,1H3. The Balaban J connectivity index is 1.93. The van der Waals surface area contributed by atoms with E-state index in [0.29, 0.717) is 0 Å². The van der Waals surface area contributed by atoms with E-state index in [1.807, 2.05) is 24.3 Å². The predicted octanol–water partition coefficient (Wildman–Crippen LogP) is 4.45. The first-order valence-corrected chi connectivity index (χ1v) is 6.89. The first kappa shape index (κ1) is 13.2. The highest BCUT2D eigenvalue weighted by Crippen LogP contribution is 2.40. The minimum Gasteiger partial charge on any atom is -0.378 e. The predicted molar refractivity (Wildman–Crippen MR) is 73.0 cm³/mol. The van der Waals surface area contributed by atoms with Crippen LogP contribution >= 0.6 is 23.2 Å². The van der Waals surface area contributed by atoms with Crippen molar-refractivity contribution in [3.05, 3.63) is 34.9 Å². The molecule has 3 heteroatoms. The second-order valence-corrected chi connectivity index (χ2v) is 5.86. The van der Waals surface area contributed by atoms with Gasteiger partial charge in [0.05, 0.1) is 5.60 Å². The van der Waals surface area contributed by atoms with E-state index >= 15 is 0 Å². The lowest BCUT2D eigenvalue weighted by Crippen LogP contribution is -2.41. The highest BCUT2D eigenvalue weighted by Gasteiger charge is 2.38. The van der Waals surface area contributed by atoms with Crippen LogP contribution in [0.15, 0.2) is 24.3 Å². The zero-order valence-corrected chi connectivity index (χ0v) is 11.6.